The van der Waals surface area contributed by atoms with Crippen LogP contribution in [0.15, 0.2) is 30.3 Å². The van der Waals surface area contributed by atoms with Gasteiger partial charge in [0.1, 0.15) is 0 Å². The second kappa shape index (κ2) is 5.09. The van der Waals surface area contributed by atoms with Crippen molar-refractivity contribution in [2.75, 3.05) is 6.29 Å². The van der Waals surface area contributed by atoms with Gasteiger partial charge in [-0.05, 0) is 5.56 Å². The van der Waals surface area contributed by atoms with Gasteiger partial charge in [0.2, 0.25) is 8.03 Å². The summed E-state index contributed by atoms with van der Waals surface area (Å²) in [6, 6.07) is 9.78. The molecule has 1 unspecified atom stereocenters. The molecule has 0 amide bonds. The molecular weight excluding hydrogens is 173 g/mol. The van der Waals surface area contributed by atoms with Crippen LogP contribution in [0.3, 0.4) is 0 Å². The Hall–Kier alpha value is -0.630. The van der Waals surface area contributed by atoms with Gasteiger partial charge in [0.15, 0.2) is 0 Å². The van der Waals surface area contributed by atoms with Crippen LogP contribution in [0.2, 0.25) is 0 Å². The van der Waals surface area contributed by atoms with Crippen molar-refractivity contribution in [1.82, 2.24) is 5.32 Å². The van der Waals surface area contributed by atoms with Crippen LogP contribution in [0.1, 0.15) is 5.56 Å². The van der Waals surface area contributed by atoms with Gasteiger partial charge in [0.25, 0.3) is 0 Å². The zero-order valence-corrected chi connectivity index (χ0v) is 7.66. The lowest BCUT2D eigenvalue weighted by atomic mass is 10.2. The molecule has 0 aliphatic rings. The van der Waals surface area contributed by atoms with Gasteiger partial charge in [-0.2, -0.15) is 0 Å². The average molecular weight is 185 g/mol. The summed E-state index contributed by atoms with van der Waals surface area (Å²) in [5.41, 5.74) is 1.13. The van der Waals surface area contributed by atoms with E-state index < -0.39 is 8.03 Å². The second-order valence-corrected chi connectivity index (χ2v) is 3.62. The van der Waals surface area contributed by atoms with Gasteiger partial charge in [-0.25, -0.2) is 0 Å². The van der Waals surface area contributed by atoms with Crippen molar-refractivity contribution in [3.63, 3.8) is 0 Å². The zero-order chi connectivity index (χ0) is 8.81. The molecule has 3 nitrogen and oxygen atoms in total. The largest absolute Gasteiger partial charge is 0.345 e. The lowest BCUT2D eigenvalue weighted by molar-refractivity contribution is 0.496. The number of hydrogen-bond acceptors (Lipinski definition) is 2. The minimum Gasteiger partial charge on any atom is -0.345 e. The van der Waals surface area contributed by atoms with Gasteiger partial charge in [0.05, 0.1) is 6.29 Å². The Morgan fingerprint density at radius 2 is 2.00 bits per heavy atom. The Morgan fingerprint density at radius 3 is 2.58 bits per heavy atom. The predicted molar refractivity (Wildman–Crippen MR) is 49.4 cm³/mol. The van der Waals surface area contributed by atoms with Gasteiger partial charge in [-0.1, -0.05) is 30.3 Å². The van der Waals surface area contributed by atoms with E-state index in [2.05, 4.69) is 5.32 Å². The van der Waals surface area contributed by atoms with Gasteiger partial charge < -0.3 is 10.2 Å². The topological polar surface area (TPSA) is 49.3 Å². The number of nitrogens with one attached hydrogen (secondary N) is 1. The molecular formula is C8H12NO2P. The smallest absolute Gasteiger partial charge is 0.202 e. The summed E-state index contributed by atoms with van der Waals surface area (Å²) < 4.78 is 10.3. The van der Waals surface area contributed by atoms with E-state index in [-0.39, 0.29) is 6.29 Å². The maximum atomic E-state index is 10.3. The maximum Gasteiger partial charge on any atom is 0.202 e. The molecule has 0 fully saturated rings. The molecule has 2 N–H and O–H groups in total. The van der Waals surface area contributed by atoms with Gasteiger partial charge >= 0.3 is 0 Å². The van der Waals surface area contributed by atoms with E-state index in [0.29, 0.717) is 6.54 Å². The van der Waals surface area contributed by atoms with Crippen molar-refractivity contribution in [2.24, 2.45) is 0 Å². The molecule has 0 radical (unpaired) electrons. The molecule has 0 saturated heterocycles. The summed E-state index contributed by atoms with van der Waals surface area (Å²) in [6.45, 7) is 0.651. The first-order valence-corrected chi connectivity index (χ1v) is 5.32. The minimum atomic E-state index is -2.37. The average Bonchev–Trinajstić information content (AvgIpc) is 2.05. The molecule has 1 rings (SSSR count). The van der Waals surface area contributed by atoms with Gasteiger partial charge in [-0.3, -0.25) is 4.57 Å². The number of rotatable bonds is 4. The quantitative estimate of drug-likeness (QED) is 0.693. The Balaban J connectivity index is 2.29. The summed E-state index contributed by atoms with van der Waals surface area (Å²) in [7, 11) is -2.37. The van der Waals surface area contributed by atoms with E-state index >= 15 is 0 Å². The van der Waals surface area contributed by atoms with Crippen LogP contribution >= 0.6 is 8.03 Å². The molecule has 0 bridgehead atoms. The van der Waals surface area contributed by atoms with Crippen LogP contribution in [0.4, 0.5) is 0 Å². The van der Waals surface area contributed by atoms with Crippen LogP contribution in [-0.4, -0.2) is 11.2 Å². The summed E-state index contributed by atoms with van der Waals surface area (Å²) in [5, 5.41) is 2.88. The Bertz CT molecular complexity index is 250. The number of benzene rings is 1. The highest BCUT2D eigenvalue weighted by Crippen LogP contribution is 2.09. The third-order valence-electron chi connectivity index (χ3n) is 1.45. The Kier molecular flexibility index (Phi) is 4.01. The first-order chi connectivity index (χ1) is 5.79. The van der Waals surface area contributed by atoms with Crippen molar-refractivity contribution in [2.45, 2.75) is 6.54 Å². The van der Waals surface area contributed by atoms with Crippen molar-refractivity contribution in [1.29, 1.82) is 0 Å². The van der Waals surface area contributed by atoms with Crippen molar-refractivity contribution in [3.05, 3.63) is 35.9 Å². The summed E-state index contributed by atoms with van der Waals surface area (Å²) in [5.74, 6) is 0. The summed E-state index contributed by atoms with van der Waals surface area (Å²) >= 11 is 0. The summed E-state index contributed by atoms with van der Waals surface area (Å²) in [6.07, 6.45) is 0.194. The highest BCUT2D eigenvalue weighted by atomic mass is 31.1. The fraction of sp³-hybridized carbons (Fsp3) is 0.250. The molecule has 4 heteroatoms. The minimum absolute atomic E-state index is 0.194. The normalized spacial score (nSPS) is 12.8. The van der Waals surface area contributed by atoms with Crippen LogP contribution < -0.4 is 5.32 Å². The standard InChI is InChI=1S/C8H12NO2P/c10-12(11)7-9-6-8-4-2-1-3-5-8/h1-5,9,12H,6-7H2,(H,10,11). The zero-order valence-electron chi connectivity index (χ0n) is 6.66. The molecule has 0 aliphatic carbocycles. The lowest BCUT2D eigenvalue weighted by Gasteiger charge is -2.01. The highest BCUT2D eigenvalue weighted by Gasteiger charge is 1.92. The fourth-order valence-electron chi connectivity index (χ4n) is 0.910. The molecule has 66 valence electrons. The maximum absolute atomic E-state index is 10.3. The first kappa shape index (κ1) is 9.46. The fourth-order valence-corrected chi connectivity index (χ4v) is 1.25. The molecule has 1 aromatic carbocycles. The third-order valence-corrected chi connectivity index (χ3v) is 2.00. The molecule has 0 saturated carbocycles. The molecule has 0 spiro atoms. The van der Waals surface area contributed by atoms with E-state index in [1.807, 2.05) is 30.3 Å². The monoisotopic (exact) mass is 185 g/mol. The second-order valence-electron chi connectivity index (χ2n) is 2.48. The van der Waals surface area contributed by atoms with E-state index in [1.54, 1.807) is 0 Å². The molecule has 0 heterocycles. The van der Waals surface area contributed by atoms with Gasteiger partial charge in [0, 0.05) is 6.54 Å². The SMILES string of the molecule is O=[PH](O)CNCc1ccccc1. The summed E-state index contributed by atoms with van der Waals surface area (Å²) in [4.78, 5) is 8.51. The lowest BCUT2D eigenvalue weighted by Crippen LogP contribution is -2.11. The van der Waals surface area contributed by atoms with Crippen molar-refractivity contribution >= 4 is 8.03 Å². The van der Waals surface area contributed by atoms with Crippen molar-refractivity contribution in [3.8, 4) is 0 Å². The number of hydrogen-bond donors (Lipinski definition) is 2. The van der Waals surface area contributed by atoms with E-state index in [9.17, 15) is 4.57 Å². The van der Waals surface area contributed by atoms with E-state index in [4.69, 9.17) is 4.89 Å². The molecule has 12 heavy (non-hydrogen) atoms. The van der Waals surface area contributed by atoms with E-state index in [0.717, 1.165) is 5.56 Å². The Morgan fingerprint density at radius 1 is 1.33 bits per heavy atom. The molecule has 1 aromatic rings. The van der Waals surface area contributed by atoms with Gasteiger partial charge in [-0.15, -0.1) is 0 Å². The van der Waals surface area contributed by atoms with Crippen LogP contribution in [0.5, 0.6) is 0 Å². The van der Waals surface area contributed by atoms with Crippen LogP contribution in [0, 0.1) is 0 Å². The first-order valence-electron chi connectivity index (χ1n) is 3.75. The molecule has 0 aliphatic heterocycles. The van der Waals surface area contributed by atoms with E-state index in [1.165, 1.54) is 0 Å². The highest BCUT2D eigenvalue weighted by molar-refractivity contribution is 7.37. The van der Waals surface area contributed by atoms with Crippen LogP contribution in [0.25, 0.3) is 0 Å². The van der Waals surface area contributed by atoms with Crippen LogP contribution in [-0.2, 0) is 11.1 Å². The Labute approximate surface area is 72.3 Å². The molecule has 0 aromatic heterocycles. The van der Waals surface area contributed by atoms with Crippen molar-refractivity contribution < 1.29 is 9.46 Å². The molecule has 1 atom stereocenters. The third kappa shape index (κ3) is 3.67. The predicted octanol–water partition coefficient (Wildman–Crippen LogP) is 1.20.